The van der Waals surface area contributed by atoms with Gasteiger partial charge in [0, 0.05) is 40.8 Å². The minimum Gasteiger partial charge on any atom is -0.493 e. The number of para-hydroxylation sites is 1. The first-order valence-electron chi connectivity index (χ1n) is 11.1. The van der Waals surface area contributed by atoms with E-state index in [2.05, 4.69) is 15.3 Å². The molecule has 2 N–H and O–H groups in total. The summed E-state index contributed by atoms with van der Waals surface area (Å²) in [6, 6.07) is 19.3. The van der Waals surface area contributed by atoms with Gasteiger partial charge in [-0.15, -0.1) is 0 Å². The number of ether oxygens (including phenoxy) is 2. The highest BCUT2D eigenvalue weighted by atomic mass is 16.5. The molecule has 3 aromatic heterocycles. The third kappa shape index (κ3) is 4.03. The van der Waals surface area contributed by atoms with Crippen LogP contribution in [0.2, 0.25) is 0 Å². The number of fused-ring (bicyclic) bond motifs is 3. The van der Waals surface area contributed by atoms with Gasteiger partial charge in [-0.05, 0) is 48.9 Å². The maximum Gasteiger partial charge on any atom is 0.270 e. The summed E-state index contributed by atoms with van der Waals surface area (Å²) < 4.78 is 11.2. The van der Waals surface area contributed by atoms with Crippen molar-refractivity contribution in [2.24, 2.45) is 0 Å². The van der Waals surface area contributed by atoms with Crippen molar-refractivity contribution in [1.82, 2.24) is 20.3 Å². The van der Waals surface area contributed by atoms with Crippen molar-refractivity contribution in [2.75, 3.05) is 13.7 Å². The third-order valence-electron chi connectivity index (χ3n) is 5.64. The molecule has 0 aliphatic carbocycles. The van der Waals surface area contributed by atoms with Gasteiger partial charge >= 0.3 is 0 Å². The Labute approximate surface area is 196 Å². The molecule has 170 valence electrons. The van der Waals surface area contributed by atoms with Crippen molar-refractivity contribution < 1.29 is 14.3 Å². The van der Waals surface area contributed by atoms with Gasteiger partial charge in [-0.25, -0.2) is 4.98 Å². The second kappa shape index (κ2) is 9.23. The van der Waals surface area contributed by atoms with Crippen LogP contribution in [0.15, 0.2) is 73.1 Å². The van der Waals surface area contributed by atoms with Gasteiger partial charge in [0.1, 0.15) is 5.69 Å². The molecule has 0 fully saturated rings. The van der Waals surface area contributed by atoms with E-state index in [0.717, 1.165) is 32.9 Å². The fourth-order valence-corrected chi connectivity index (χ4v) is 4.04. The van der Waals surface area contributed by atoms with Crippen LogP contribution in [0.25, 0.3) is 33.1 Å². The summed E-state index contributed by atoms with van der Waals surface area (Å²) in [7, 11) is 1.61. The molecular formula is C27H24N4O3. The molecule has 5 rings (SSSR count). The van der Waals surface area contributed by atoms with Gasteiger partial charge in [0.05, 0.1) is 24.9 Å². The molecule has 34 heavy (non-hydrogen) atoms. The molecule has 1 amide bonds. The number of pyridine rings is 2. The Morgan fingerprint density at radius 1 is 1.03 bits per heavy atom. The molecule has 0 aliphatic heterocycles. The number of benzene rings is 2. The van der Waals surface area contributed by atoms with Crippen LogP contribution in [0.5, 0.6) is 11.5 Å². The summed E-state index contributed by atoms with van der Waals surface area (Å²) in [5.41, 5.74) is 4.58. The quantitative estimate of drug-likeness (QED) is 0.358. The van der Waals surface area contributed by atoms with E-state index < -0.39 is 0 Å². The molecule has 0 radical (unpaired) electrons. The number of carbonyl (C=O) groups is 1. The highest BCUT2D eigenvalue weighted by Gasteiger charge is 2.18. The van der Waals surface area contributed by atoms with Crippen LogP contribution < -0.4 is 14.8 Å². The number of hydrogen-bond donors (Lipinski definition) is 2. The fraction of sp³-hybridized carbons (Fsp3) is 0.148. The van der Waals surface area contributed by atoms with E-state index >= 15 is 0 Å². The average Bonchev–Trinajstić information content (AvgIpc) is 3.26. The van der Waals surface area contributed by atoms with Gasteiger partial charge in [0.15, 0.2) is 11.5 Å². The van der Waals surface area contributed by atoms with Crippen LogP contribution >= 0.6 is 0 Å². The molecule has 0 saturated carbocycles. The normalized spacial score (nSPS) is 11.0. The summed E-state index contributed by atoms with van der Waals surface area (Å²) >= 11 is 0. The second-order valence-electron chi connectivity index (χ2n) is 7.79. The lowest BCUT2D eigenvalue weighted by Crippen LogP contribution is -2.24. The molecule has 7 nitrogen and oxygen atoms in total. The van der Waals surface area contributed by atoms with Crippen LogP contribution in [0.1, 0.15) is 23.0 Å². The highest BCUT2D eigenvalue weighted by Crippen LogP contribution is 2.36. The summed E-state index contributed by atoms with van der Waals surface area (Å²) in [5, 5.41) is 4.91. The number of aromatic amines is 1. The van der Waals surface area contributed by atoms with Crippen LogP contribution in [0.4, 0.5) is 0 Å². The van der Waals surface area contributed by atoms with Gasteiger partial charge in [0.25, 0.3) is 5.91 Å². The van der Waals surface area contributed by atoms with Crippen LogP contribution in [-0.4, -0.2) is 34.6 Å². The zero-order chi connectivity index (χ0) is 23.5. The number of nitrogens with one attached hydrogen (secondary N) is 2. The molecule has 0 bridgehead atoms. The number of methoxy groups -OCH3 is 1. The molecule has 3 heterocycles. The molecular weight excluding hydrogens is 428 g/mol. The molecule has 2 aromatic carbocycles. The maximum atomic E-state index is 13.1. The lowest BCUT2D eigenvalue weighted by molar-refractivity contribution is 0.0946. The zero-order valence-corrected chi connectivity index (χ0v) is 19.0. The zero-order valence-electron chi connectivity index (χ0n) is 19.0. The van der Waals surface area contributed by atoms with Gasteiger partial charge in [-0.3, -0.25) is 9.78 Å². The molecule has 5 aromatic rings. The lowest BCUT2D eigenvalue weighted by atomic mass is 10.1. The van der Waals surface area contributed by atoms with Crippen molar-refractivity contribution in [3.63, 3.8) is 0 Å². The van der Waals surface area contributed by atoms with E-state index in [1.165, 1.54) is 0 Å². The summed E-state index contributed by atoms with van der Waals surface area (Å²) in [4.78, 5) is 25.5. The number of hydrogen-bond acceptors (Lipinski definition) is 5. The number of rotatable bonds is 7. The number of amides is 1. The number of nitrogens with zero attached hydrogens (tertiary/aromatic N) is 2. The summed E-state index contributed by atoms with van der Waals surface area (Å²) in [6.45, 7) is 2.83. The van der Waals surface area contributed by atoms with Crippen molar-refractivity contribution in [3.8, 4) is 22.8 Å². The number of H-pyrrole nitrogens is 1. The van der Waals surface area contributed by atoms with Crippen LogP contribution in [0, 0.1) is 0 Å². The second-order valence-corrected chi connectivity index (χ2v) is 7.79. The van der Waals surface area contributed by atoms with E-state index in [0.29, 0.717) is 36.0 Å². The summed E-state index contributed by atoms with van der Waals surface area (Å²) in [6.07, 6.45) is 3.43. The standard InChI is InChI=1S/C27H24N4O3/c1-3-34-23-11-10-18(13-24(23)33-2)25-26-20(19-8-4-5-9-21(19)30-26)14-22(31-25)27(32)29-16-17-7-6-12-28-15-17/h4-15,30H,3,16H2,1-2H3,(H,29,32). The SMILES string of the molecule is CCOc1ccc(-c2nc(C(=O)NCc3cccnc3)cc3c2[nH]c2ccccc23)cc1OC. The van der Waals surface area contributed by atoms with Crippen LogP contribution in [-0.2, 0) is 6.54 Å². The Morgan fingerprint density at radius 3 is 2.71 bits per heavy atom. The van der Waals surface area contributed by atoms with Crippen molar-refractivity contribution in [1.29, 1.82) is 0 Å². The summed E-state index contributed by atoms with van der Waals surface area (Å²) in [5.74, 6) is 1.01. The smallest absolute Gasteiger partial charge is 0.270 e. The highest BCUT2D eigenvalue weighted by molar-refractivity contribution is 6.13. The van der Waals surface area contributed by atoms with Gasteiger partial charge in [-0.2, -0.15) is 0 Å². The molecule has 0 saturated heterocycles. The van der Waals surface area contributed by atoms with Crippen molar-refractivity contribution in [3.05, 3.63) is 84.3 Å². The Morgan fingerprint density at radius 2 is 1.91 bits per heavy atom. The van der Waals surface area contributed by atoms with Gasteiger partial charge in [-0.1, -0.05) is 24.3 Å². The first-order chi connectivity index (χ1) is 16.7. The van der Waals surface area contributed by atoms with Crippen molar-refractivity contribution >= 4 is 27.7 Å². The minimum absolute atomic E-state index is 0.254. The van der Waals surface area contributed by atoms with E-state index in [1.807, 2.05) is 67.6 Å². The molecule has 0 atom stereocenters. The van der Waals surface area contributed by atoms with E-state index in [9.17, 15) is 4.79 Å². The Balaban J connectivity index is 1.62. The van der Waals surface area contributed by atoms with E-state index in [-0.39, 0.29) is 5.91 Å². The predicted molar refractivity (Wildman–Crippen MR) is 132 cm³/mol. The monoisotopic (exact) mass is 452 g/mol. The Bertz CT molecular complexity index is 1480. The molecule has 7 heteroatoms. The molecule has 0 spiro atoms. The topological polar surface area (TPSA) is 89.1 Å². The third-order valence-corrected chi connectivity index (χ3v) is 5.64. The molecule has 0 unspecified atom stereocenters. The van der Waals surface area contributed by atoms with Gasteiger partial charge < -0.3 is 19.8 Å². The maximum absolute atomic E-state index is 13.1. The Kier molecular flexibility index (Phi) is 5.82. The average molecular weight is 453 g/mol. The first-order valence-corrected chi connectivity index (χ1v) is 11.1. The molecule has 0 aliphatic rings. The van der Waals surface area contributed by atoms with Crippen molar-refractivity contribution in [2.45, 2.75) is 13.5 Å². The van der Waals surface area contributed by atoms with Crippen LogP contribution in [0.3, 0.4) is 0 Å². The number of carbonyl (C=O) groups excluding carboxylic acids is 1. The van der Waals surface area contributed by atoms with E-state index in [1.54, 1.807) is 19.5 Å². The minimum atomic E-state index is -0.254. The first kappa shape index (κ1) is 21.5. The Hall–Kier alpha value is -4.39. The predicted octanol–water partition coefficient (Wildman–Crippen LogP) is 5.12. The number of aromatic nitrogens is 3. The largest absolute Gasteiger partial charge is 0.493 e. The fourth-order valence-electron chi connectivity index (χ4n) is 4.04. The van der Waals surface area contributed by atoms with Gasteiger partial charge in [0.2, 0.25) is 0 Å². The van der Waals surface area contributed by atoms with E-state index in [4.69, 9.17) is 14.5 Å². The lowest BCUT2D eigenvalue weighted by Gasteiger charge is -2.12.